The van der Waals surface area contributed by atoms with Crippen molar-refractivity contribution in [2.75, 3.05) is 10.8 Å². The molecule has 2 aromatic carbocycles. The van der Waals surface area contributed by atoms with E-state index in [0.717, 1.165) is 28.6 Å². The highest BCUT2D eigenvalue weighted by atomic mass is 32.2. The molecule has 5 nitrogen and oxygen atoms in total. The molecule has 158 valence electrons. The molecule has 0 radical (unpaired) electrons. The number of aryl methyl sites for hydroxylation is 1. The van der Waals surface area contributed by atoms with Crippen molar-refractivity contribution in [3.8, 4) is 0 Å². The van der Waals surface area contributed by atoms with E-state index in [1.807, 2.05) is 38.1 Å². The quantitative estimate of drug-likeness (QED) is 0.619. The molecule has 1 aromatic heterocycles. The minimum Gasteiger partial charge on any atom is -0.358 e. The molecule has 1 heterocycles. The summed E-state index contributed by atoms with van der Waals surface area (Å²) in [5.74, 6) is 0.129. The highest BCUT2D eigenvalue weighted by Gasteiger charge is 2.35. The fourth-order valence-electron chi connectivity index (χ4n) is 4.56. The number of H-pyrrole nitrogens is 1. The molecule has 0 bridgehead atoms. The van der Waals surface area contributed by atoms with Crippen molar-refractivity contribution in [2.45, 2.75) is 51.9 Å². The van der Waals surface area contributed by atoms with Crippen LogP contribution in [0.25, 0.3) is 10.9 Å². The summed E-state index contributed by atoms with van der Waals surface area (Å²) in [6.07, 6.45) is 1.85. The first kappa shape index (κ1) is 20.7. The molecule has 1 N–H and O–H groups in total. The second kappa shape index (κ2) is 7.27. The van der Waals surface area contributed by atoms with Crippen molar-refractivity contribution < 1.29 is 13.2 Å². The number of nitrogens with zero attached hydrogens (tertiary/aromatic N) is 1. The fourth-order valence-corrected chi connectivity index (χ4v) is 6.34. The zero-order valence-corrected chi connectivity index (χ0v) is 18.8. The van der Waals surface area contributed by atoms with Crippen LogP contribution in [0.15, 0.2) is 47.4 Å². The maximum atomic E-state index is 13.6. The number of aromatic amines is 1. The first-order valence-corrected chi connectivity index (χ1v) is 11.9. The van der Waals surface area contributed by atoms with Crippen LogP contribution in [0.1, 0.15) is 55.7 Å². The predicted octanol–water partition coefficient (Wildman–Crippen LogP) is 5.10. The van der Waals surface area contributed by atoms with Gasteiger partial charge in [-0.3, -0.25) is 9.10 Å². The summed E-state index contributed by atoms with van der Waals surface area (Å²) in [5, 5.41) is 0.837. The van der Waals surface area contributed by atoms with E-state index in [4.69, 9.17) is 0 Å². The summed E-state index contributed by atoms with van der Waals surface area (Å²) < 4.78 is 28.7. The van der Waals surface area contributed by atoms with Gasteiger partial charge in [0.05, 0.1) is 10.6 Å². The van der Waals surface area contributed by atoms with E-state index >= 15 is 0 Å². The zero-order valence-electron chi connectivity index (χ0n) is 18.0. The Labute approximate surface area is 178 Å². The molecular formula is C24H28N2O3S. The Kier molecular flexibility index (Phi) is 5.01. The minimum absolute atomic E-state index is 0.0974. The zero-order chi connectivity index (χ0) is 21.7. The van der Waals surface area contributed by atoms with Gasteiger partial charge in [0.1, 0.15) is 0 Å². The molecule has 0 aliphatic heterocycles. The number of hydrogen-bond acceptors (Lipinski definition) is 3. The lowest BCUT2D eigenvalue weighted by molar-refractivity contribution is 0.0913. The summed E-state index contributed by atoms with van der Waals surface area (Å²) in [6, 6.07) is 12.8. The molecule has 1 aliphatic carbocycles. The number of sulfonamides is 1. The van der Waals surface area contributed by atoms with Gasteiger partial charge in [0, 0.05) is 35.1 Å². The molecule has 0 fully saturated rings. The summed E-state index contributed by atoms with van der Waals surface area (Å²) in [7, 11) is -3.75. The lowest BCUT2D eigenvalue weighted by Crippen LogP contribution is -2.31. The number of anilines is 1. The molecule has 0 unspecified atom stereocenters. The fraction of sp³-hybridized carbons (Fsp3) is 0.375. The molecule has 30 heavy (non-hydrogen) atoms. The van der Waals surface area contributed by atoms with Crippen LogP contribution in [0.4, 0.5) is 5.69 Å². The number of ketones is 1. The molecule has 0 atom stereocenters. The number of nitrogens with one attached hydrogen (secondary N) is 1. The van der Waals surface area contributed by atoms with E-state index in [9.17, 15) is 13.2 Å². The molecular weight excluding hydrogens is 396 g/mol. The normalized spacial score (nSPS) is 15.9. The maximum absolute atomic E-state index is 13.6. The van der Waals surface area contributed by atoms with E-state index in [-0.39, 0.29) is 11.2 Å². The maximum Gasteiger partial charge on any atom is 0.264 e. The number of carbonyl (C=O) groups is 1. The van der Waals surface area contributed by atoms with Crippen LogP contribution in [-0.2, 0) is 22.9 Å². The van der Waals surface area contributed by atoms with Gasteiger partial charge in [-0.2, -0.15) is 0 Å². The Balaban J connectivity index is 1.90. The second-order valence-electron chi connectivity index (χ2n) is 8.78. The smallest absolute Gasteiger partial charge is 0.264 e. The summed E-state index contributed by atoms with van der Waals surface area (Å²) in [5.41, 5.74) is 3.64. The number of Topliss-reactive ketones (excluding diaryl/α,β-unsaturated/α-hetero) is 1. The number of fused-ring (bicyclic) bond motifs is 3. The van der Waals surface area contributed by atoms with Crippen molar-refractivity contribution in [1.29, 1.82) is 0 Å². The van der Waals surface area contributed by atoms with Gasteiger partial charge in [-0.05, 0) is 55.0 Å². The third-order valence-electron chi connectivity index (χ3n) is 5.91. The standard InChI is InChI=1S/C24H28N2O3S/c1-5-16-12-18-19(25-20-14-24(3,4)15-21(27)23(18)20)13-22(16)30(28,29)26(6-2)17-10-8-7-9-11-17/h7-13,25H,5-6,14-15H2,1-4H3. The third-order valence-corrected chi connectivity index (χ3v) is 7.90. The van der Waals surface area contributed by atoms with Gasteiger partial charge < -0.3 is 4.98 Å². The number of carbonyl (C=O) groups excluding carboxylic acids is 1. The lowest BCUT2D eigenvalue weighted by atomic mass is 9.76. The monoisotopic (exact) mass is 424 g/mol. The lowest BCUT2D eigenvalue weighted by Gasteiger charge is -2.28. The van der Waals surface area contributed by atoms with Crippen LogP contribution in [-0.4, -0.2) is 25.7 Å². The number of benzene rings is 2. The molecule has 0 spiro atoms. The van der Waals surface area contributed by atoms with Crippen LogP contribution >= 0.6 is 0 Å². The Morgan fingerprint density at radius 2 is 1.77 bits per heavy atom. The summed E-state index contributed by atoms with van der Waals surface area (Å²) in [6.45, 7) is 8.30. The average molecular weight is 425 g/mol. The van der Waals surface area contributed by atoms with Crippen molar-refractivity contribution in [1.82, 2.24) is 4.98 Å². The molecule has 4 rings (SSSR count). The van der Waals surface area contributed by atoms with Crippen molar-refractivity contribution in [3.05, 3.63) is 59.3 Å². The van der Waals surface area contributed by atoms with E-state index in [1.54, 1.807) is 18.2 Å². The van der Waals surface area contributed by atoms with Crippen LogP contribution in [0.2, 0.25) is 0 Å². The first-order valence-electron chi connectivity index (χ1n) is 10.5. The number of aromatic nitrogens is 1. The largest absolute Gasteiger partial charge is 0.358 e. The Morgan fingerprint density at radius 1 is 1.07 bits per heavy atom. The number of rotatable bonds is 5. The van der Waals surface area contributed by atoms with Crippen LogP contribution in [0.5, 0.6) is 0 Å². The van der Waals surface area contributed by atoms with E-state index in [0.29, 0.717) is 35.5 Å². The molecule has 3 aromatic rings. The average Bonchev–Trinajstić information content (AvgIpc) is 3.04. The van der Waals surface area contributed by atoms with Gasteiger partial charge in [0.2, 0.25) is 0 Å². The van der Waals surface area contributed by atoms with Gasteiger partial charge in [-0.25, -0.2) is 8.42 Å². The molecule has 0 amide bonds. The number of hydrogen-bond donors (Lipinski definition) is 1. The van der Waals surface area contributed by atoms with Gasteiger partial charge in [0.15, 0.2) is 5.78 Å². The van der Waals surface area contributed by atoms with Crippen molar-refractivity contribution in [2.24, 2.45) is 5.41 Å². The highest BCUT2D eigenvalue weighted by Crippen LogP contribution is 2.39. The van der Waals surface area contributed by atoms with Crippen LogP contribution < -0.4 is 4.31 Å². The van der Waals surface area contributed by atoms with E-state index in [2.05, 4.69) is 18.8 Å². The second-order valence-corrected chi connectivity index (χ2v) is 10.6. The molecule has 0 saturated carbocycles. The van der Waals surface area contributed by atoms with Crippen molar-refractivity contribution >= 4 is 32.4 Å². The minimum atomic E-state index is -3.75. The Morgan fingerprint density at radius 3 is 2.40 bits per heavy atom. The van der Waals surface area contributed by atoms with Gasteiger partial charge in [-0.15, -0.1) is 0 Å². The first-order chi connectivity index (χ1) is 14.2. The van der Waals surface area contributed by atoms with Gasteiger partial charge in [0.25, 0.3) is 10.0 Å². The van der Waals surface area contributed by atoms with E-state index in [1.165, 1.54) is 4.31 Å². The van der Waals surface area contributed by atoms with Crippen LogP contribution in [0.3, 0.4) is 0 Å². The van der Waals surface area contributed by atoms with Crippen molar-refractivity contribution in [3.63, 3.8) is 0 Å². The SMILES string of the molecule is CCc1cc2c3c([nH]c2cc1S(=O)(=O)N(CC)c1ccccc1)CC(C)(C)CC3=O. The Bertz CT molecular complexity index is 1220. The van der Waals surface area contributed by atoms with Gasteiger partial charge in [-0.1, -0.05) is 39.0 Å². The highest BCUT2D eigenvalue weighted by molar-refractivity contribution is 7.92. The molecule has 6 heteroatoms. The summed E-state index contributed by atoms with van der Waals surface area (Å²) in [4.78, 5) is 16.5. The molecule has 0 saturated heterocycles. The topological polar surface area (TPSA) is 70.2 Å². The predicted molar refractivity (Wildman–Crippen MR) is 121 cm³/mol. The molecule has 1 aliphatic rings. The summed E-state index contributed by atoms with van der Waals surface area (Å²) >= 11 is 0. The van der Waals surface area contributed by atoms with Gasteiger partial charge >= 0.3 is 0 Å². The number of para-hydroxylation sites is 1. The van der Waals surface area contributed by atoms with Crippen LogP contribution in [0, 0.1) is 5.41 Å². The third kappa shape index (κ3) is 3.33. The van der Waals surface area contributed by atoms with E-state index < -0.39 is 10.0 Å². The Hall–Kier alpha value is -2.60.